The van der Waals surface area contributed by atoms with Gasteiger partial charge in [0.25, 0.3) is 0 Å². The maximum atomic E-state index is 13.5. The first kappa shape index (κ1) is 13.3. The Morgan fingerprint density at radius 2 is 2.22 bits per heavy atom. The topological polar surface area (TPSA) is 55.1 Å². The van der Waals surface area contributed by atoms with Crippen LogP contribution in [0.3, 0.4) is 0 Å². The molecule has 0 aliphatic heterocycles. The highest BCUT2D eigenvalue weighted by Gasteiger charge is 2.25. The Kier molecular flexibility index (Phi) is 4.19. The minimum absolute atomic E-state index is 0.0737. The van der Waals surface area contributed by atoms with Crippen LogP contribution in [0.4, 0.5) is 10.1 Å². The lowest BCUT2D eigenvalue weighted by molar-refractivity contribution is -0.120. The van der Waals surface area contributed by atoms with E-state index in [0.29, 0.717) is 11.4 Å². The molecular formula is C13H16ClFN2O. The molecular weight excluding hydrogens is 255 g/mol. The fraction of sp³-hybridized carbons (Fsp3) is 0.462. The number of hydrogen-bond donors (Lipinski definition) is 2. The Bertz CT molecular complexity index is 453. The van der Waals surface area contributed by atoms with Crippen LogP contribution in [0, 0.1) is 11.7 Å². The van der Waals surface area contributed by atoms with E-state index in [1.165, 1.54) is 12.1 Å². The standard InChI is InChI=1S/C13H16ClFN2O/c14-9-4-5-12(11(15)7-9)17-13(18)8-2-1-3-10(16)6-8/h4-5,7-8,10H,1-3,6,16H2,(H,17,18). The SMILES string of the molecule is NC1CCCC(C(=O)Nc2ccc(Cl)cc2F)C1. The van der Waals surface area contributed by atoms with Crippen molar-refractivity contribution in [1.29, 1.82) is 0 Å². The largest absolute Gasteiger partial charge is 0.328 e. The second-order valence-corrected chi connectivity index (χ2v) is 5.17. The minimum Gasteiger partial charge on any atom is -0.328 e. The average Bonchev–Trinajstić information content (AvgIpc) is 2.32. The fourth-order valence-corrected chi connectivity index (χ4v) is 2.45. The normalized spacial score (nSPS) is 23.7. The fourth-order valence-electron chi connectivity index (χ4n) is 2.29. The molecule has 0 radical (unpaired) electrons. The minimum atomic E-state index is -0.518. The van der Waals surface area contributed by atoms with E-state index >= 15 is 0 Å². The van der Waals surface area contributed by atoms with Crippen molar-refractivity contribution < 1.29 is 9.18 Å². The first-order valence-electron chi connectivity index (χ1n) is 6.08. The number of benzene rings is 1. The number of nitrogens with two attached hydrogens (primary N) is 1. The van der Waals surface area contributed by atoms with E-state index in [1.54, 1.807) is 6.07 Å². The zero-order valence-corrected chi connectivity index (χ0v) is 10.7. The van der Waals surface area contributed by atoms with Crippen molar-refractivity contribution in [1.82, 2.24) is 0 Å². The van der Waals surface area contributed by atoms with E-state index in [-0.39, 0.29) is 23.6 Å². The quantitative estimate of drug-likeness (QED) is 0.868. The van der Waals surface area contributed by atoms with Gasteiger partial charge >= 0.3 is 0 Å². The number of hydrogen-bond acceptors (Lipinski definition) is 2. The van der Waals surface area contributed by atoms with E-state index in [2.05, 4.69) is 5.32 Å². The monoisotopic (exact) mass is 270 g/mol. The van der Waals surface area contributed by atoms with Gasteiger partial charge in [0.1, 0.15) is 5.82 Å². The number of rotatable bonds is 2. The summed E-state index contributed by atoms with van der Waals surface area (Å²) in [5.41, 5.74) is 6.00. The molecule has 1 saturated carbocycles. The summed E-state index contributed by atoms with van der Waals surface area (Å²) in [6.45, 7) is 0. The molecule has 2 atom stereocenters. The number of carbonyl (C=O) groups excluding carboxylic acids is 1. The summed E-state index contributed by atoms with van der Waals surface area (Å²) in [7, 11) is 0. The van der Waals surface area contributed by atoms with Gasteiger partial charge in [-0.05, 0) is 37.5 Å². The average molecular weight is 271 g/mol. The lowest BCUT2D eigenvalue weighted by Gasteiger charge is -2.25. The van der Waals surface area contributed by atoms with E-state index < -0.39 is 5.82 Å². The molecule has 5 heteroatoms. The summed E-state index contributed by atoms with van der Waals surface area (Å²) in [4.78, 5) is 12.0. The van der Waals surface area contributed by atoms with Gasteiger partial charge in [0.15, 0.2) is 0 Å². The molecule has 0 heterocycles. The van der Waals surface area contributed by atoms with Crippen molar-refractivity contribution in [3.05, 3.63) is 29.0 Å². The Morgan fingerprint density at radius 1 is 1.44 bits per heavy atom. The van der Waals surface area contributed by atoms with E-state index in [0.717, 1.165) is 19.3 Å². The van der Waals surface area contributed by atoms with Crippen LogP contribution in [0.5, 0.6) is 0 Å². The van der Waals surface area contributed by atoms with Crippen molar-refractivity contribution in [2.24, 2.45) is 11.7 Å². The zero-order valence-electron chi connectivity index (χ0n) is 9.96. The van der Waals surface area contributed by atoms with Crippen LogP contribution < -0.4 is 11.1 Å². The molecule has 0 bridgehead atoms. The molecule has 0 saturated heterocycles. The third-order valence-electron chi connectivity index (χ3n) is 3.27. The van der Waals surface area contributed by atoms with Gasteiger partial charge in [0.2, 0.25) is 5.91 Å². The first-order valence-corrected chi connectivity index (χ1v) is 6.45. The highest BCUT2D eigenvalue weighted by Crippen LogP contribution is 2.25. The molecule has 2 rings (SSSR count). The summed E-state index contributed by atoms with van der Waals surface area (Å²) < 4.78 is 13.5. The van der Waals surface area contributed by atoms with Crippen LogP contribution in [0.15, 0.2) is 18.2 Å². The highest BCUT2D eigenvalue weighted by molar-refractivity contribution is 6.30. The predicted molar refractivity (Wildman–Crippen MR) is 70.0 cm³/mol. The van der Waals surface area contributed by atoms with Gasteiger partial charge in [0.05, 0.1) is 5.69 Å². The predicted octanol–water partition coefficient (Wildman–Crippen LogP) is 2.94. The second kappa shape index (κ2) is 5.67. The molecule has 1 fully saturated rings. The summed E-state index contributed by atoms with van der Waals surface area (Å²) in [6.07, 6.45) is 3.39. The first-order chi connectivity index (χ1) is 8.56. The summed E-state index contributed by atoms with van der Waals surface area (Å²) >= 11 is 5.65. The van der Waals surface area contributed by atoms with Crippen molar-refractivity contribution in [3.8, 4) is 0 Å². The molecule has 1 aliphatic rings. The van der Waals surface area contributed by atoms with E-state index in [4.69, 9.17) is 17.3 Å². The summed E-state index contributed by atoms with van der Waals surface area (Å²) in [5, 5.41) is 2.91. The van der Waals surface area contributed by atoms with Crippen LogP contribution in [0.2, 0.25) is 5.02 Å². The summed E-state index contributed by atoms with van der Waals surface area (Å²) in [5.74, 6) is -0.800. The van der Waals surface area contributed by atoms with Crippen molar-refractivity contribution in [2.45, 2.75) is 31.7 Å². The molecule has 2 unspecified atom stereocenters. The Hall–Kier alpha value is -1.13. The van der Waals surface area contributed by atoms with Gasteiger partial charge in [-0.2, -0.15) is 0 Å². The molecule has 0 spiro atoms. The molecule has 1 aromatic carbocycles. The van der Waals surface area contributed by atoms with Gasteiger partial charge < -0.3 is 11.1 Å². The van der Waals surface area contributed by atoms with Crippen LogP contribution in [0.25, 0.3) is 0 Å². The third kappa shape index (κ3) is 3.21. The molecule has 18 heavy (non-hydrogen) atoms. The lowest BCUT2D eigenvalue weighted by atomic mass is 9.85. The van der Waals surface area contributed by atoms with Gasteiger partial charge in [-0.3, -0.25) is 4.79 Å². The van der Waals surface area contributed by atoms with Crippen LogP contribution in [-0.2, 0) is 4.79 Å². The Labute approximate surface area is 111 Å². The van der Waals surface area contributed by atoms with Gasteiger partial charge in [0, 0.05) is 17.0 Å². The number of halogens is 2. The third-order valence-corrected chi connectivity index (χ3v) is 3.51. The highest BCUT2D eigenvalue weighted by atomic mass is 35.5. The van der Waals surface area contributed by atoms with Crippen LogP contribution >= 0.6 is 11.6 Å². The Balaban J connectivity index is 2.02. The smallest absolute Gasteiger partial charge is 0.227 e. The number of carbonyl (C=O) groups is 1. The molecule has 98 valence electrons. The number of amides is 1. The molecule has 1 aliphatic carbocycles. The molecule has 0 aromatic heterocycles. The van der Waals surface area contributed by atoms with Crippen LogP contribution in [-0.4, -0.2) is 11.9 Å². The van der Waals surface area contributed by atoms with Gasteiger partial charge in [-0.1, -0.05) is 18.0 Å². The van der Waals surface area contributed by atoms with Gasteiger partial charge in [-0.25, -0.2) is 4.39 Å². The number of nitrogens with one attached hydrogen (secondary N) is 1. The molecule has 1 amide bonds. The second-order valence-electron chi connectivity index (χ2n) is 4.74. The lowest BCUT2D eigenvalue weighted by Crippen LogP contribution is -2.34. The van der Waals surface area contributed by atoms with E-state index in [1.807, 2.05) is 0 Å². The number of anilines is 1. The van der Waals surface area contributed by atoms with Crippen LogP contribution in [0.1, 0.15) is 25.7 Å². The Morgan fingerprint density at radius 3 is 2.89 bits per heavy atom. The maximum Gasteiger partial charge on any atom is 0.227 e. The molecule has 1 aromatic rings. The zero-order chi connectivity index (χ0) is 13.1. The van der Waals surface area contributed by atoms with E-state index in [9.17, 15) is 9.18 Å². The molecule has 3 N–H and O–H groups in total. The summed E-state index contributed by atoms with van der Waals surface area (Å²) in [6, 6.07) is 4.28. The van der Waals surface area contributed by atoms with Gasteiger partial charge in [-0.15, -0.1) is 0 Å². The maximum absolute atomic E-state index is 13.5. The van der Waals surface area contributed by atoms with Crippen molar-refractivity contribution >= 4 is 23.2 Å². The van der Waals surface area contributed by atoms with Crippen molar-refractivity contribution in [3.63, 3.8) is 0 Å². The molecule has 3 nitrogen and oxygen atoms in total. The van der Waals surface area contributed by atoms with Crippen molar-refractivity contribution in [2.75, 3.05) is 5.32 Å².